The lowest BCUT2D eigenvalue weighted by Gasteiger charge is -2.39. The summed E-state index contributed by atoms with van der Waals surface area (Å²) >= 11 is 0. The van der Waals surface area contributed by atoms with Crippen LogP contribution in [0.2, 0.25) is 0 Å². The Hall–Kier alpha value is -0.570. The molecule has 0 aromatic rings. The van der Waals surface area contributed by atoms with Crippen LogP contribution in [0.4, 0.5) is 0 Å². The molecule has 2 aliphatic heterocycles. The number of likely N-dealkylation sites (tertiary alicyclic amines) is 1. The lowest BCUT2D eigenvalue weighted by molar-refractivity contribution is -0.143. The molecule has 0 aromatic carbocycles. The number of nitrogens with one attached hydrogen (secondary N) is 1. The molecule has 3 heteroatoms. The van der Waals surface area contributed by atoms with Gasteiger partial charge in [-0.2, -0.15) is 0 Å². The normalized spacial score (nSPS) is 27.4. The van der Waals surface area contributed by atoms with Crippen LogP contribution < -0.4 is 5.32 Å². The lowest BCUT2D eigenvalue weighted by Crippen LogP contribution is -2.48. The summed E-state index contributed by atoms with van der Waals surface area (Å²) in [5.74, 6) is 1.20. The zero-order valence-corrected chi connectivity index (χ0v) is 12.0. The summed E-state index contributed by atoms with van der Waals surface area (Å²) in [6, 6.07) is 0. The number of rotatable bonds is 4. The van der Waals surface area contributed by atoms with Crippen LogP contribution in [0.1, 0.15) is 52.4 Å². The molecule has 2 aliphatic rings. The first-order valence-electron chi connectivity index (χ1n) is 7.72. The summed E-state index contributed by atoms with van der Waals surface area (Å²) in [7, 11) is 0. The van der Waals surface area contributed by atoms with E-state index in [1.807, 2.05) is 0 Å². The van der Waals surface area contributed by atoms with E-state index in [0.29, 0.717) is 5.91 Å². The van der Waals surface area contributed by atoms with Gasteiger partial charge < -0.3 is 10.2 Å². The molecule has 2 heterocycles. The van der Waals surface area contributed by atoms with E-state index in [-0.39, 0.29) is 5.41 Å². The second kappa shape index (κ2) is 6.05. The minimum Gasteiger partial charge on any atom is -0.342 e. The van der Waals surface area contributed by atoms with Crippen molar-refractivity contribution in [2.75, 3.05) is 26.2 Å². The maximum absolute atomic E-state index is 12.9. The Balaban J connectivity index is 2.04. The third-order valence-electron chi connectivity index (χ3n) is 4.89. The van der Waals surface area contributed by atoms with E-state index in [9.17, 15) is 4.79 Å². The summed E-state index contributed by atoms with van der Waals surface area (Å²) in [6.45, 7) is 8.47. The molecule has 1 atom stereocenters. The van der Waals surface area contributed by atoms with Crippen LogP contribution in [-0.4, -0.2) is 37.0 Å². The van der Waals surface area contributed by atoms with E-state index >= 15 is 0 Å². The van der Waals surface area contributed by atoms with E-state index in [2.05, 4.69) is 24.1 Å². The van der Waals surface area contributed by atoms with Gasteiger partial charge in [0.1, 0.15) is 0 Å². The molecule has 2 fully saturated rings. The third-order valence-corrected chi connectivity index (χ3v) is 4.89. The second-order valence-electron chi connectivity index (χ2n) is 6.09. The monoisotopic (exact) mass is 252 g/mol. The fourth-order valence-electron chi connectivity index (χ4n) is 3.64. The average Bonchev–Trinajstić information content (AvgIpc) is 2.88. The van der Waals surface area contributed by atoms with Crippen LogP contribution in [0.5, 0.6) is 0 Å². The van der Waals surface area contributed by atoms with Gasteiger partial charge in [-0.25, -0.2) is 0 Å². The molecule has 0 aliphatic carbocycles. The molecule has 0 aromatic heterocycles. The fourth-order valence-corrected chi connectivity index (χ4v) is 3.64. The van der Waals surface area contributed by atoms with Crippen molar-refractivity contribution in [3.8, 4) is 0 Å². The SMILES string of the molecule is CCCC1(C(=O)N2CCC(CC)C2)CCNCC1. The van der Waals surface area contributed by atoms with Crippen molar-refractivity contribution < 1.29 is 4.79 Å². The third kappa shape index (κ3) is 2.71. The number of carbonyl (C=O) groups excluding carboxylic acids is 1. The highest BCUT2D eigenvalue weighted by Crippen LogP contribution is 2.37. The Morgan fingerprint density at radius 3 is 2.61 bits per heavy atom. The zero-order valence-electron chi connectivity index (χ0n) is 12.0. The van der Waals surface area contributed by atoms with Crippen molar-refractivity contribution >= 4 is 5.91 Å². The summed E-state index contributed by atoms with van der Waals surface area (Å²) < 4.78 is 0. The van der Waals surface area contributed by atoms with Crippen molar-refractivity contribution in [1.82, 2.24) is 10.2 Å². The molecular formula is C15H28N2O. The van der Waals surface area contributed by atoms with Gasteiger partial charge in [0.2, 0.25) is 5.91 Å². The summed E-state index contributed by atoms with van der Waals surface area (Å²) in [5, 5.41) is 3.39. The van der Waals surface area contributed by atoms with Gasteiger partial charge in [-0.15, -0.1) is 0 Å². The first-order valence-corrected chi connectivity index (χ1v) is 7.72. The van der Waals surface area contributed by atoms with Crippen LogP contribution in [0.3, 0.4) is 0 Å². The molecule has 0 spiro atoms. The van der Waals surface area contributed by atoms with Crippen LogP contribution in [0.25, 0.3) is 0 Å². The molecular weight excluding hydrogens is 224 g/mol. The highest BCUT2D eigenvalue weighted by Gasteiger charge is 2.42. The average molecular weight is 252 g/mol. The first-order chi connectivity index (χ1) is 8.72. The minimum absolute atomic E-state index is 0.0391. The number of piperidine rings is 1. The Morgan fingerprint density at radius 1 is 1.33 bits per heavy atom. The summed E-state index contributed by atoms with van der Waals surface area (Å²) in [4.78, 5) is 15.0. The van der Waals surface area contributed by atoms with E-state index in [4.69, 9.17) is 0 Å². The van der Waals surface area contributed by atoms with Crippen molar-refractivity contribution in [1.29, 1.82) is 0 Å². The molecule has 1 amide bonds. The number of hydrogen-bond acceptors (Lipinski definition) is 2. The van der Waals surface area contributed by atoms with Gasteiger partial charge in [-0.1, -0.05) is 26.7 Å². The Bertz CT molecular complexity index is 279. The smallest absolute Gasteiger partial charge is 0.228 e. The van der Waals surface area contributed by atoms with Crippen LogP contribution in [-0.2, 0) is 4.79 Å². The standard InChI is InChI=1S/C15H28N2O/c1-3-6-15(7-9-16-10-8-15)14(18)17-11-5-13(4-2)12-17/h13,16H,3-12H2,1-2H3. The van der Waals surface area contributed by atoms with Crippen molar-refractivity contribution in [2.24, 2.45) is 11.3 Å². The fraction of sp³-hybridized carbons (Fsp3) is 0.933. The number of carbonyl (C=O) groups is 1. The van der Waals surface area contributed by atoms with Crippen LogP contribution >= 0.6 is 0 Å². The predicted molar refractivity (Wildman–Crippen MR) is 74.4 cm³/mol. The lowest BCUT2D eigenvalue weighted by atomic mass is 9.74. The molecule has 1 N–H and O–H groups in total. The second-order valence-corrected chi connectivity index (χ2v) is 6.09. The quantitative estimate of drug-likeness (QED) is 0.833. The van der Waals surface area contributed by atoms with Crippen molar-refractivity contribution in [3.05, 3.63) is 0 Å². The van der Waals surface area contributed by atoms with Crippen LogP contribution in [0, 0.1) is 11.3 Å². The molecule has 0 bridgehead atoms. The van der Waals surface area contributed by atoms with Gasteiger partial charge in [0.15, 0.2) is 0 Å². The summed E-state index contributed by atoms with van der Waals surface area (Å²) in [5.41, 5.74) is -0.0391. The Labute approximate surface area is 111 Å². The van der Waals surface area contributed by atoms with Crippen molar-refractivity contribution in [2.45, 2.75) is 52.4 Å². The molecule has 0 radical (unpaired) electrons. The maximum atomic E-state index is 12.9. The van der Waals surface area contributed by atoms with Gasteiger partial charge in [0.05, 0.1) is 5.41 Å². The number of hydrogen-bond donors (Lipinski definition) is 1. The van der Waals surface area contributed by atoms with Gasteiger partial charge >= 0.3 is 0 Å². The largest absolute Gasteiger partial charge is 0.342 e. The predicted octanol–water partition coefficient (Wildman–Crippen LogP) is 2.41. The molecule has 0 saturated carbocycles. The van der Waals surface area contributed by atoms with Gasteiger partial charge in [0.25, 0.3) is 0 Å². The highest BCUT2D eigenvalue weighted by atomic mass is 16.2. The Morgan fingerprint density at radius 2 is 2.06 bits per heavy atom. The highest BCUT2D eigenvalue weighted by molar-refractivity contribution is 5.83. The molecule has 3 nitrogen and oxygen atoms in total. The van der Waals surface area contributed by atoms with Gasteiger partial charge in [-0.05, 0) is 44.7 Å². The van der Waals surface area contributed by atoms with E-state index in [1.165, 1.54) is 12.8 Å². The van der Waals surface area contributed by atoms with Crippen LogP contribution in [0.15, 0.2) is 0 Å². The van der Waals surface area contributed by atoms with E-state index in [1.54, 1.807) is 0 Å². The molecule has 1 unspecified atom stereocenters. The van der Waals surface area contributed by atoms with Gasteiger partial charge in [0, 0.05) is 13.1 Å². The van der Waals surface area contributed by atoms with Crippen molar-refractivity contribution in [3.63, 3.8) is 0 Å². The summed E-state index contributed by atoms with van der Waals surface area (Å²) in [6.07, 6.45) is 6.69. The molecule has 2 saturated heterocycles. The zero-order chi connectivity index (χ0) is 13.0. The number of amides is 1. The number of nitrogens with zero attached hydrogens (tertiary/aromatic N) is 1. The van der Waals surface area contributed by atoms with Gasteiger partial charge in [-0.3, -0.25) is 4.79 Å². The van der Waals surface area contributed by atoms with E-state index < -0.39 is 0 Å². The molecule has 2 rings (SSSR count). The molecule has 104 valence electrons. The Kier molecular flexibility index (Phi) is 4.66. The topological polar surface area (TPSA) is 32.3 Å². The maximum Gasteiger partial charge on any atom is 0.228 e. The first kappa shape index (κ1) is 13.9. The minimum atomic E-state index is -0.0391. The van der Waals surface area contributed by atoms with E-state index in [0.717, 1.165) is 57.8 Å². The molecule has 18 heavy (non-hydrogen) atoms.